The van der Waals surface area contributed by atoms with Crippen molar-refractivity contribution in [2.24, 2.45) is 10.2 Å². The summed E-state index contributed by atoms with van der Waals surface area (Å²) in [5.74, 6) is 0. The second kappa shape index (κ2) is 6.49. The lowest BCUT2D eigenvalue weighted by atomic mass is 10.3. The molecule has 1 heterocycles. The van der Waals surface area contributed by atoms with E-state index in [0.29, 0.717) is 5.69 Å². The van der Waals surface area contributed by atoms with E-state index in [1.165, 1.54) is 12.4 Å². The van der Waals surface area contributed by atoms with Crippen molar-refractivity contribution in [1.29, 1.82) is 0 Å². The molecule has 0 amide bonds. The summed E-state index contributed by atoms with van der Waals surface area (Å²) in [6, 6.07) is 11.2. The molecule has 0 atom stereocenters. The quantitative estimate of drug-likeness (QED) is 0.522. The fraction of sp³-hybridized carbons (Fsp3) is 0.214. The molecule has 19 heavy (non-hydrogen) atoms. The minimum absolute atomic E-state index is 0. The highest BCUT2D eigenvalue weighted by molar-refractivity contribution is 5.51. The van der Waals surface area contributed by atoms with Crippen LogP contribution in [0.5, 0.6) is 0 Å². The summed E-state index contributed by atoms with van der Waals surface area (Å²) in [7, 11) is 3.98. The average molecular weight is 259 g/mol. The van der Waals surface area contributed by atoms with Crippen molar-refractivity contribution < 1.29 is 9.94 Å². The Bertz CT molecular complexity index is 532. The molecule has 0 spiro atoms. The summed E-state index contributed by atoms with van der Waals surface area (Å²) < 4.78 is 0.963. The molecule has 0 saturated heterocycles. The summed E-state index contributed by atoms with van der Waals surface area (Å²) in [5.41, 5.74) is 2.60. The van der Waals surface area contributed by atoms with Gasteiger partial charge in [0.1, 0.15) is 0 Å². The van der Waals surface area contributed by atoms with Crippen LogP contribution in [0.25, 0.3) is 0 Å². The number of nitrogens with zero attached hydrogens (tertiary/aromatic N) is 4. The zero-order valence-corrected chi connectivity index (χ0v) is 10.4. The highest BCUT2D eigenvalue weighted by Crippen LogP contribution is 2.20. The van der Waals surface area contributed by atoms with Crippen molar-refractivity contribution in [3.8, 4) is 0 Å². The van der Waals surface area contributed by atoms with Gasteiger partial charge < -0.3 is 4.90 Å². The number of hydrogen-bond acceptors (Lipinski definition) is 4. The molecule has 5 nitrogen and oxygen atoms in total. The second-order valence-electron chi connectivity index (χ2n) is 4.05. The fourth-order valence-electron chi connectivity index (χ4n) is 1.41. The van der Waals surface area contributed by atoms with Gasteiger partial charge in [0.2, 0.25) is 12.4 Å². The van der Waals surface area contributed by atoms with Crippen LogP contribution in [-0.2, 0) is 0 Å². The van der Waals surface area contributed by atoms with Crippen LogP contribution in [0.15, 0.2) is 59.0 Å². The summed E-state index contributed by atoms with van der Waals surface area (Å²) in [6.45, 7) is 0. The molecule has 0 fully saturated rings. The Labute approximate surface area is 113 Å². The maximum Gasteiger partial charge on any atom is 0.224 e. The van der Waals surface area contributed by atoms with Crippen molar-refractivity contribution in [2.75, 3.05) is 19.0 Å². The van der Waals surface area contributed by atoms with Gasteiger partial charge in [0.25, 0.3) is 0 Å². The molecule has 2 aromatic rings. The van der Waals surface area contributed by atoms with Gasteiger partial charge in [0.15, 0.2) is 0 Å². The van der Waals surface area contributed by atoms with Crippen LogP contribution in [-0.4, -0.2) is 19.3 Å². The van der Waals surface area contributed by atoms with Gasteiger partial charge in [0, 0.05) is 36.6 Å². The van der Waals surface area contributed by atoms with Gasteiger partial charge in [-0.2, -0.15) is 10.2 Å². The molecule has 0 saturated carbocycles. The smallest absolute Gasteiger partial charge is 0.224 e. The number of azo groups is 1. The topological polar surface area (TPSA) is 52.1 Å². The zero-order valence-electron chi connectivity index (χ0n) is 10.4. The zero-order chi connectivity index (χ0) is 13.0. The largest absolute Gasteiger partial charge is 0.378 e. The molecule has 100 valence electrons. The van der Waals surface area contributed by atoms with Crippen molar-refractivity contribution in [3.05, 3.63) is 48.8 Å². The molecule has 5 heteroatoms. The van der Waals surface area contributed by atoms with Crippen molar-refractivity contribution >= 4 is 17.1 Å². The maximum absolute atomic E-state index is 9.06. The predicted octanol–water partition coefficient (Wildman–Crippen LogP) is 3.33. The minimum atomic E-state index is 0. The van der Waals surface area contributed by atoms with Gasteiger partial charge in [0.05, 0.1) is 11.4 Å². The third kappa shape index (κ3) is 4.06. The highest BCUT2D eigenvalue weighted by Gasteiger charge is 1.97. The predicted molar refractivity (Wildman–Crippen MR) is 75.5 cm³/mol. The molecule has 0 radical (unpaired) electrons. The number of pyridine rings is 1. The first-order valence-electron chi connectivity index (χ1n) is 5.55. The fourth-order valence-corrected chi connectivity index (χ4v) is 1.41. The molecule has 1 aromatic heterocycles. The third-order valence-electron chi connectivity index (χ3n) is 2.44. The first-order chi connectivity index (χ1) is 8.65. The molecule has 1 aromatic carbocycles. The Morgan fingerprint density at radius 1 is 0.895 bits per heavy atom. The van der Waals surface area contributed by atoms with Gasteiger partial charge in [-0.15, -0.1) is 0 Å². The maximum atomic E-state index is 9.06. The molecule has 0 aliphatic carbocycles. The average Bonchev–Trinajstić information content (AvgIpc) is 2.38. The van der Waals surface area contributed by atoms with Crippen LogP contribution in [0.3, 0.4) is 0 Å². The van der Waals surface area contributed by atoms with Crippen LogP contribution >= 0.6 is 0 Å². The standard InChI is InChI=1S/C13H15N4O.CH4/c1-16(2)13-5-3-11(4-6-13)14-15-12-7-9-17(18)10-8-12;/h3-10,18H,1-2H3;1H4/q+1;. The molecule has 0 aliphatic heterocycles. The molecular weight excluding hydrogens is 240 g/mol. The molecular formula is C14H19N4O+. The lowest BCUT2D eigenvalue weighted by Gasteiger charge is -2.11. The number of rotatable bonds is 3. The third-order valence-corrected chi connectivity index (χ3v) is 2.44. The van der Waals surface area contributed by atoms with Gasteiger partial charge in [-0.3, -0.25) is 5.21 Å². The monoisotopic (exact) mass is 259 g/mol. The van der Waals surface area contributed by atoms with E-state index in [-0.39, 0.29) is 7.43 Å². The van der Waals surface area contributed by atoms with Gasteiger partial charge >= 0.3 is 0 Å². The SMILES string of the molecule is C.CN(C)c1ccc(N=Nc2cc[n+](O)cc2)cc1. The Kier molecular flexibility index (Phi) is 5.00. The van der Waals surface area contributed by atoms with Crippen LogP contribution in [0.1, 0.15) is 7.43 Å². The van der Waals surface area contributed by atoms with E-state index in [9.17, 15) is 0 Å². The van der Waals surface area contributed by atoms with E-state index in [0.717, 1.165) is 16.1 Å². The number of anilines is 1. The van der Waals surface area contributed by atoms with Crippen molar-refractivity contribution in [3.63, 3.8) is 0 Å². The molecule has 1 N–H and O–H groups in total. The van der Waals surface area contributed by atoms with Crippen LogP contribution in [0.4, 0.5) is 17.1 Å². The first-order valence-corrected chi connectivity index (χ1v) is 5.55. The van der Waals surface area contributed by atoms with Gasteiger partial charge in [-0.05, 0) is 24.3 Å². The Balaban J connectivity index is 0.00000180. The van der Waals surface area contributed by atoms with Crippen LogP contribution < -0.4 is 9.63 Å². The van der Waals surface area contributed by atoms with E-state index in [1.807, 2.05) is 43.3 Å². The first kappa shape index (κ1) is 14.6. The Morgan fingerprint density at radius 2 is 1.37 bits per heavy atom. The highest BCUT2D eigenvalue weighted by atomic mass is 16.5. The Hall–Kier alpha value is -2.43. The van der Waals surface area contributed by atoms with E-state index in [1.54, 1.807) is 12.1 Å². The van der Waals surface area contributed by atoms with Crippen LogP contribution in [0.2, 0.25) is 0 Å². The van der Waals surface area contributed by atoms with E-state index in [2.05, 4.69) is 10.2 Å². The van der Waals surface area contributed by atoms with Crippen molar-refractivity contribution in [1.82, 2.24) is 0 Å². The molecule has 0 aliphatic rings. The summed E-state index contributed by atoms with van der Waals surface area (Å²) >= 11 is 0. The Morgan fingerprint density at radius 3 is 1.84 bits per heavy atom. The van der Waals surface area contributed by atoms with Gasteiger partial charge in [-0.25, -0.2) is 0 Å². The minimum Gasteiger partial charge on any atom is -0.378 e. The summed E-state index contributed by atoms with van der Waals surface area (Å²) in [4.78, 5) is 2.03. The molecule has 0 bridgehead atoms. The van der Waals surface area contributed by atoms with Crippen LogP contribution in [0, 0.1) is 0 Å². The molecule has 0 unspecified atom stereocenters. The number of benzene rings is 1. The normalized spacial score (nSPS) is 10.2. The van der Waals surface area contributed by atoms with E-state index in [4.69, 9.17) is 5.21 Å². The number of aromatic nitrogens is 1. The van der Waals surface area contributed by atoms with Gasteiger partial charge in [-0.1, -0.05) is 7.43 Å². The van der Waals surface area contributed by atoms with Crippen molar-refractivity contribution in [2.45, 2.75) is 7.43 Å². The van der Waals surface area contributed by atoms with E-state index >= 15 is 0 Å². The molecule has 2 rings (SSSR count). The summed E-state index contributed by atoms with van der Waals surface area (Å²) in [5, 5.41) is 17.3. The number of hydrogen-bond donors (Lipinski definition) is 1. The lowest BCUT2D eigenvalue weighted by Crippen LogP contribution is -2.27. The lowest BCUT2D eigenvalue weighted by molar-refractivity contribution is -0.904. The summed E-state index contributed by atoms with van der Waals surface area (Å²) in [6.07, 6.45) is 3.01. The second-order valence-corrected chi connectivity index (χ2v) is 4.05. The van der Waals surface area contributed by atoms with E-state index < -0.39 is 0 Å².